The van der Waals surface area contributed by atoms with Crippen molar-refractivity contribution < 1.29 is 14.3 Å². The lowest BCUT2D eigenvalue weighted by atomic mass is 10.1. The van der Waals surface area contributed by atoms with Gasteiger partial charge in [0.15, 0.2) is 0 Å². The van der Waals surface area contributed by atoms with E-state index in [4.69, 9.17) is 9.47 Å². The molecule has 132 valence electrons. The van der Waals surface area contributed by atoms with Gasteiger partial charge in [-0.2, -0.15) is 0 Å². The van der Waals surface area contributed by atoms with Gasteiger partial charge >= 0.3 is 0 Å². The van der Waals surface area contributed by atoms with Crippen molar-refractivity contribution in [1.29, 1.82) is 0 Å². The zero-order chi connectivity index (χ0) is 16.6. The molecule has 1 N–H and O–H groups in total. The number of amides is 1. The Kier molecular flexibility index (Phi) is 6.37. The SMILES string of the molecule is O=C(NCCCC[C@H]1CCCO1)c1cnc(N2CCOCC2)nc1. The normalized spacial score (nSPS) is 21.0. The number of aromatic nitrogens is 2. The number of carbonyl (C=O) groups excluding carboxylic acids is 1. The number of hydrogen-bond donors (Lipinski definition) is 1. The summed E-state index contributed by atoms with van der Waals surface area (Å²) >= 11 is 0. The molecule has 2 aliphatic heterocycles. The maximum Gasteiger partial charge on any atom is 0.254 e. The Labute approximate surface area is 142 Å². The lowest BCUT2D eigenvalue weighted by Crippen LogP contribution is -2.37. The van der Waals surface area contributed by atoms with E-state index in [0.29, 0.717) is 37.4 Å². The molecule has 0 radical (unpaired) electrons. The van der Waals surface area contributed by atoms with Crippen LogP contribution >= 0.6 is 0 Å². The highest BCUT2D eigenvalue weighted by Crippen LogP contribution is 2.17. The van der Waals surface area contributed by atoms with Gasteiger partial charge in [-0.25, -0.2) is 9.97 Å². The van der Waals surface area contributed by atoms with Crippen molar-refractivity contribution in [2.45, 2.75) is 38.2 Å². The van der Waals surface area contributed by atoms with Crippen molar-refractivity contribution >= 4 is 11.9 Å². The van der Waals surface area contributed by atoms with E-state index in [1.165, 1.54) is 12.8 Å². The van der Waals surface area contributed by atoms with E-state index in [2.05, 4.69) is 20.2 Å². The number of carbonyl (C=O) groups is 1. The highest BCUT2D eigenvalue weighted by Gasteiger charge is 2.16. The quantitative estimate of drug-likeness (QED) is 0.760. The Morgan fingerprint density at radius 3 is 2.71 bits per heavy atom. The van der Waals surface area contributed by atoms with Crippen LogP contribution in [0.3, 0.4) is 0 Å². The molecule has 1 aromatic rings. The van der Waals surface area contributed by atoms with Crippen molar-refractivity contribution in [1.82, 2.24) is 15.3 Å². The van der Waals surface area contributed by atoms with Crippen LogP contribution in [0.15, 0.2) is 12.4 Å². The number of anilines is 1. The number of nitrogens with zero attached hydrogens (tertiary/aromatic N) is 3. The molecule has 2 saturated heterocycles. The minimum atomic E-state index is -0.111. The first-order valence-corrected chi connectivity index (χ1v) is 8.87. The molecule has 0 saturated carbocycles. The second-order valence-corrected chi connectivity index (χ2v) is 6.26. The minimum Gasteiger partial charge on any atom is -0.378 e. The van der Waals surface area contributed by atoms with Crippen molar-refractivity contribution in [2.75, 3.05) is 44.4 Å². The first-order valence-electron chi connectivity index (χ1n) is 8.87. The Balaban J connectivity index is 1.36. The maximum atomic E-state index is 12.1. The molecule has 3 rings (SSSR count). The Morgan fingerprint density at radius 1 is 1.21 bits per heavy atom. The van der Waals surface area contributed by atoms with Crippen molar-refractivity contribution in [3.8, 4) is 0 Å². The van der Waals surface area contributed by atoms with Crippen molar-refractivity contribution in [3.63, 3.8) is 0 Å². The zero-order valence-corrected chi connectivity index (χ0v) is 14.1. The van der Waals surface area contributed by atoms with Gasteiger partial charge in [0.25, 0.3) is 5.91 Å². The van der Waals surface area contributed by atoms with Crippen LogP contribution in [-0.4, -0.2) is 61.4 Å². The summed E-state index contributed by atoms with van der Waals surface area (Å²) in [5.41, 5.74) is 0.506. The predicted molar refractivity (Wildman–Crippen MR) is 90.2 cm³/mol. The van der Waals surface area contributed by atoms with Crippen LogP contribution in [0.2, 0.25) is 0 Å². The predicted octanol–water partition coefficient (Wildman–Crippen LogP) is 1.39. The van der Waals surface area contributed by atoms with E-state index in [-0.39, 0.29) is 5.91 Å². The number of rotatable bonds is 7. The molecule has 7 nitrogen and oxygen atoms in total. The van der Waals surface area contributed by atoms with Gasteiger partial charge in [0.2, 0.25) is 5.95 Å². The molecule has 0 aromatic carbocycles. The molecule has 1 atom stereocenters. The Morgan fingerprint density at radius 2 is 2.00 bits per heavy atom. The van der Waals surface area contributed by atoms with Crippen molar-refractivity contribution in [3.05, 3.63) is 18.0 Å². The number of hydrogen-bond acceptors (Lipinski definition) is 6. The van der Waals surface area contributed by atoms with E-state index in [0.717, 1.165) is 39.0 Å². The van der Waals surface area contributed by atoms with Crippen LogP contribution in [0.4, 0.5) is 5.95 Å². The molecular weight excluding hydrogens is 308 g/mol. The van der Waals surface area contributed by atoms with Gasteiger partial charge < -0.3 is 19.7 Å². The smallest absolute Gasteiger partial charge is 0.254 e. The summed E-state index contributed by atoms with van der Waals surface area (Å²) in [4.78, 5) is 22.8. The molecule has 24 heavy (non-hydrogen) atoms. The van der Waals surface area contributed by atoms with E-state index >= 15 is 0 Å². The average Bonchev–Trinajstić information content (AvgIpc) is 3.16. The average molecular weight is 334 g/mol. The summed E-state index contributed by atoms with van der Waals surface area (Å²) < 4.78 is 10.9. The number of unbranched alkanes of at least 4 members (excludes halogenated alkanes) is 1. The van der Waals surface area contributed by atoms with Gasteiger partial charge in [-0.15, -0.1) is 0 Å². The third kappa shape index (κ3) is 4.88. The highest BCUT2D eigenvalue weighted by molar-refractivity contribution is 5.93. The molecule has 0 unspecified atom stereocenters. The van der Waals surface area contributed by atoms with Gasteiger partial charge in [-0.3, -0.25) is 4.79 Å². The van der Waals surface area contributed by atoms with Crippen LogP contribution < -0.4 is 10.2 Å². The molecule has 0 spiro atoms. The highest BCUT2D eigenvalue weighted by atomic mass is 16.5. The summed E-state index contributed by atoms with van der Waals surface area (Å²) in [5, 5.41) is 2.93. The standard InChI is InChI=1S/C17H26N4O3/c22-16(18-6-2-1-4-15-5-3-9-24-15)14-12-19-17(20-13-14)21-7-10-23-11-8-21/h12-13,15H,1-11H2,(H,18,22)/t15-/m0/s1. The molecule has 7 heteroatoms. The third-order valence-corrected chi connectivity index (χ3v) is 4.46. The van der Waals surface area contributed by atoms with E-state index in [9.17, 15) is 4.79 Å². The monoisotopic (exact) mass is 334 g/mol. The van der Waals surface area contributed by atoms with E-state index in [1.54, 1.807) is 12.4 Å². The number of morpholine rings is 1. The van der Waals surface area contributed by atoms with Crippen LogP contribution in [0.1, 0.15) is 42.5 Å². The fraction of sp³-hybridized carbons (Fsp3) is 0.706. The second-order valence-electron chi connectivity index (χ2n) is 6.26. The first kappa shape index (κ1) is 17.1. The second kappa shape index (κ2) is 8.94. The molecule has 1 amide bonds. The van der Waals surface area contributed by atoms with Gasteiger partial charge in [0.05, 0.1) is 24.9 Å². The lowest BCUT2D eigenvalue weighted by Gasteiger charge is -2.26. The van der Waals surface area contributed by atoms with Crippen LogP contribution in [-0.2, 0) is 9.47 Å². The maximum absolute atomic E-state index is 12.1. The lowest BCUT2D eigenvalue weighted by molar-refractivity contribution is 0.0946. The minimum absolute atomic E-state index is 0.111. The Bertz CT molecular complexity index is 511. The molecule has 2 aliphatic rings. The van der Waals surface area contributed by atoms with Crippen LogP contribution in [0.25, 0.3) is 0 Å². The molecular formula is C17H26N4O3. The van der Waals surface area contributed by atoms with Gasteiger partial charge in [0.1, 0.15) is 0 Å². The number of ether oxygens (including phenoxy) is 2. The Hall–Kier alpha value is -1.73. The first-order chi connectivity index (χ1) is 11.8. The number of nitrogens with one attached hydrogen (secondary N) is 1. The van der Waals surface area contributed by atoms with Crippen molar-refractivity contribution in [2.24, 2.45) is 0 Å². The molecule has 0 bridgehead atoms. The van der Waals surface area contributed by atoms with Gasteiger partial charge in [-0.05, 0) is 32.1 Å². The van der Waals surface area contributed by atoms with Gasteiger partial charge in [-0.1, -0.05) is 0 Å². The summed E-state index contributed by atoms with van der Waals surface area (Å²) in [6.07, 6.45) is 9.13. The summed E-state index contributed by atoms with van der Waals surface area (Å²) in [5.74, 6) is 0.548. The zero-order valence-electron chi connectivity index (χ0n) is 14.1. The topological polar surface area (TPSA) is 76.6 Å². The summed E-state index contributed by atoms with van der Waals surface area (Å²) in [6.45, 7) is 4.54. The molecule has 1 aromatic heterocycles. The molecule has 2 fully saturated rings. The summed E-state index contributed by atoms with van der Waals surface area (Å²) in [7, 11) is 0. The van der Waals surface area contributed by atoms with Gasteiger partial charge in [0, 0.05) is 38.6 Å². The van der Waals surface area contributed by atoms with Crippen LogP contribution in [0.5, 0.6) is 0 Å². The summed E-state index contributed by atoms with van der Waals surface area (Å²) in [6, 6.07) is 0. The van der Waals surface area contributed by atoms with E-state index < -0.39 is 0 Å². The fourth-order valence-electron chi connectivity index (χ4n) is 3.04. The molecule has 0 aliphatic carbocycles. The molecule has 3 heterocycles. The van der Waals surface area contributed by atoms with E-state index in [1.807, 2.05) is 0 Å². The largest absolute Gasteiger partial charge is 0.378 e. The van der Waals surface area contributed by atoms with Crippen LogP contribution in [0, 0.1) is 0 Å². The fourth-order valence-corrected chi connectivity index (χ4v) is 3.04. The third-order valence-electron chi connectivity index (χ3n) is 4.46.